The van der Waals surface area contributed by atoms with Gasteiger partial charge in [0.1, 0.15) is 11.5 Å². The summed E-state index contributed by atoms with van der Waals surface area (Å²) in [4.78, 5) is 26.8. The first kappa shape index (κ1) is 14.6. The van der Waals surface area contributed by atoms with E-state index in [1.165, 1.54) is 0 Å². The van der Waals surface area contributed by atoms with Crippen LogP contribution in [-0.2, 0) is 19.1 Å². The third kappa shape index (κ3) is 2.18. The quantitative estimate of drug-likeness (QED) is 0.567. The van der Waals surface area contributed by atoms with Crippen molar-refractivity contribution in [2.24, 2.45) is 17.8 Å². The van der Waals surface area contributed by atoms with Gasteiger partial charge in [-0.1, -0.05) is 32.9 Å². The molecule has 1 amide bonds. The molecule has 5 heteroatoms. The second kappa shape index (κ2) is 5.13. The van der Waals surface area contributed by atoms with Crippen LogP contribution in [0.15, 0.2) is 12.2 Å². The number of esters is 1. The maximum Gasteiger partial charge on any atom is 0.312 e. The summed E-state index contributed by atoms with van der Waals surface area (Å²) in [5, 5.41) is 0. The molecule has 4 atom stereocenters. The van der Waals surface area contributed by atoms with Crippen LogP contribution in [0, 0.1) is 17.8 Å². The van der Waals surface area contributed by atoms with E-state index in [0.29, 0.717) is 25.6 Å². The van der Waals surface area contributed by atoms with Gasteiger partial charge in [-0.2, -0.15) is 0 Å². The zero-order valence-corrected chi connectivity index (χ0v) is 12.9. The number of likely N-dealkylation sites (tertiary alicyclic amines) is 1. The Hall–Kier alpha value is -1.36. The minimum atomic E-state index is -0.605. The van der Waals surface area contributed by atoms with Crippen molar-refractivity contribution in [2.75, 3.05) is 19.7 Å². The fourth-order valence-electron chi connectivity index (χ4n) is 3.74. The first-order valence-electron chi connectivity index (χ1n) is 7.81. The Balaban J connectivity index is 1.82. The van der Waals surface area contributed by atoms with E-state index >= 15 is 0 Å². The number of carbonyl (C=O) groups is 2. The summed E-state index contributed by atoms with van der Waals surface area (Å²) in [7, 11) is 0. The molecule has 2 bridgehead atoms. The average molecular weight is 293 g/mol. The number of carbonyl (C=O) groups excluding carboxylic acids is 2. The highest BCUT2D eigenvalue weighted by Crippen LogP contribution is 2.52. The second-order valence-corrected chi connectivity index (χ2v) is 6.68. The molecule has 3 aliphatic heterocycles. The SMILES string of the molecule is CCCOC(=O)[C@H]1[C@H]2C(=O)N(CC(C)C)C[C@]23C=C[C@H]1O3. The summed E-state index contributed by atoms with van der Waals surface area (Å²) < 4.78 is 11.3. The van der Waals surface area contributed by atoms with Gasteiger partial charge in [0.2, 0.25) is 5.91 Å². The maximum atomic E-state index is 12.7. The summed E-state index contributed by atoms with van der Waals surface area (Å²) >= 11 is 0. The zero-order chi connectivity index (χ0) is 15.2. The number of hydrogen-bond donors (Lipinski definition) is 0. The molecule has 0 N–H and O–H groups in total. The smallest absolute Gasteiger partial charge is 0.312 e. The molecule has 0 aromatic carbocycles. The van der Waals surface area contributed by atoms with Gasteiger partial charge < -0.3 is 14.4 Å². The van der Waals surface area contributed by atoms with Gasteiger partial charge in [-0.3, -0.25) is 9.59 Å². The van der Waals surface area contributed by atoms with Gasteiger partial charge in [-0.05, 0) is 12.3 Å². The van der Waals surface area contributed by atoms with Gasteiger partial charge in [-0.25, -0.2) is 0 Å². The van der Waals surface area contributed by atoms with Crippen LogP contribution in [-0.4, -0.2) is 48.2 Å². The lowest BCUT2D eigenvalue weighted by Crippen LogP contribution is -2.40. The summed E-state index contributed by atoms with van der Waals surface area (Å²) in [6.45, 7) is 7.78. The molecule has 21 heavy (non-hydrogen) atoms. The summed E-state index contributed by atoms with van der Waals surface area (Å²) in [5.74, 6) is -0.746. The first-order chi connectivity index (χ1) is 9.98. The van der Waals surface area contributed by atoms with Crippen molar-refractivity contribution in [3.8, 4) is 0 Å². The molecule has 0 saturated carbocycles. The highest BCUT2D eigenvalue weighted by molar-refractivity contribution is 5.91. The lowest BCUT2D eigenvalue weighted by Gasteiger charge is -2.22. The molecule has 5 nitrogen and oxygen atoms in total. The van der Waals surface area contributed by atoms with Gasteiger partial charge in [0.15, 0.2) is 0 Å². The molecule has 3 rings (SSSR count). The fraction of sp³-hybridized carbons (Fsp3) is 0.750. The average Bonchev–Trinajstić information content (AvgIpc) is 3.04. The molecule has 0 aliphatic carbocycles. The fourth-order valence-corrected chi connectivity index (χ4v) is 3.74. The Morgan fingerprint density at radius 2 is 2.33 bits per heavy atom. The van der Waals surface area contributed by atoms with Gasteiger partial charge in [0.05, 0.1) is 25.2 Å². The Morgan fingerprint density at radius 3 is 3.00 bits per heavy atom. The molecule has 0 aromatic heterocycles. The third-order valence-electron chi connectivity index (χ3n) is 4.48. The van der Waals surface area contributed by atoms with Crippen LogP contribution in [0.5, 0.6) is 0 Å². The molecular formula is C16H23NO4. The molecule has 0 aromatic rings. The number of fused-ring (bicyclic) bond motifs is 1. The number of amides is 1. The highest BCUT2D eigenvalue weighted by Gasteiger charge is 2.67. The molecule has 3 aliphatic rings. The lowest BCUT2D eigenvalue weighted by atomic mass is 9.77. The van der Waals surface area contributed by atoms with Crippen LogP contribution in [0.1, 0.15) is 27.2 Å². The van der Waals surface area contributed by atoms with E-state index in [1.54, 1.807) is 0 Å². The van der Waals surface area contributed by atoms with E-state index in [2.05, 4.69) is 13.8 Å². The monoisotopic (exact) mass is 293 g/mol. The Bertz CT molecular complexity index is 487. The molecule has 116 valence electrons. The van der Waals surface area contributed by atoms with Gasteiger partial charge >= 0.3 is 5.97 Å². The first-order valence-corrected chi connectivity index (χ1v) is 7.81. The predicted octanol–water partition coefficient (Wildman–Crippen LogP) is 1.38. The molecule has 2 saturated heterocycles. The predicted molar refractivity (Wildman–Crippen MR) is 76.4 cm³/mol. The van der Waals surface area contributed by atoms with E-state index in [-0.39, 0.29) is 18.0 Å². The topological polar surface area (TPSA) is 55.8 Å². The van der Waals surface area contributed by atoms with Gasteiger partial charge in [-0.15, -0.1) is 0 Å². The van der Waals surface area contributed by atoms with Crippen LogP contribution in [0.25, 0.3) is 0 Å². The molecule has 0 radical (unpaired) electrons. The van der Waals surface area contributed by atoms with Gasteiger partial charge in [0, 0.05) is 6.54 Å². The molecule has 0 unspecified atom stereocenters. The number of hydrogen-bond acceptors (Lipinski definition) is 4. The van der Waals surface area contributed by atoms with E-state index in [0.717, 1.165) is 6.42 Å². The molecule has 2 fully saturated rings. The van der Waals surface area contributed by atoms with E-state index in [1.807, 2.05) is 24.0 Å². The van der Waals surface area contributed by atoms with E-state index in [4.69, 9.17) is 9.47 Å². The molecule has 1 spiro atoms. The van der Waals surface area contributed by atoms with Crippen molar-refractivity contribution in [3.63, 3.8) is 0 Å². The van der Waals surface area contributed by atoms with E-state index in [9.17, 15) is 9.59 Å². The minimum absolute atomic E-state index is 0.0361. The van der Waals surface area contributed by atoms with Crippen molar-refractivity contribution in [2.45, 2.75) is 38.9 Å². The highest BCUT2D eigenvalue weighted by atomic mass is 16.6. The van der Waals surface area contributed by atoms with Crippen molar-refractivity contribution >= 4 is 11.9 Å². The number of nitrogens with zero attached hydrogens (tertiary/aromatic N) is 1. The van der Waals surface area contributed by atoms with Crippen LogP contribution in [0.4, 0.5) is 0 Å². The van der Waals surface area contributed by atoms with Crippen molar-refractivity contribution in [1.82, 2.24) is 4.90 Å². The number of ether oxygens (including phenoxy) is 2. The lowest BCUT2D eigenvalue weighted by molar-refractivity contribution is -0.153. The summed E-state index contributed by atoms with van der Waals surface area (Å²) in [6, 6.07) is 0. The Morgan fingerprint density at radius 1 is 1.57 bits per heavy atom. The normalized spacial score (nSPS) is 36.7. The largest absolute Gasteiger partial charge is 0.465 e. The minimum Gasteiger partial charge on any atom is -0.465 e. The van der Waals surface area contributed by atoms with Crippen LogP contribution in [0.3, 0.4) is 0 Å². The standard InChI is InChI=1S/C16H23NO4/c1-4-7-20-15(19)12-11-5-6-16(21-11)9-17(8-10(2)3)14(18)13(12)16/h5-6,10-13H,4,7-9H2,1-3H3/t11-,12-,13+,16-/m1/s1. The molecule has 3 heterocycles. The summed E-state index contributed by atoms with van der Waals surface area (Å²) in [5.41, 5.74) is -0.605. The zero-order valence-electron chi connectivity index (χ0n) is 12.9. The van der Waals surface area contributed by atoms with Crippen LogP contribution < -0.4 is 0 Å². The Kier molecular flexibility index (Phi) is 3.56. The van der Waals surface area contributed by atoms with Crippen LogP contribution >= 0.6 is 0 Å². The second-order valence-electron chi connectivity index (χ2n) is 6.68. The van der Waals surface area contributed by atoms with Crippen molar-refractivity contribution in [3.05, 3.63) is 12.2 Å². The summed E-state index contributed by atoms with van der Waals surface area (Å²) in [6.07, 6.45) is 4.37. The Labute approximate surface area is 125 Å². The van der Waals surface area contributed by atoms with Crippen LogP contribution in [0.2, 0.25) is 0 Å². The van der Waals surface area contributed by atoms with Crippen molar-refractivity contribution in [1.29, 1.82) is 0 Å². The maximum absolute atomic E-state index is 12.7. The van der Waals surface area contributed by atoms with Gasteiger partial charge in [0.25, 0.3) is 0 Å². The number of rotatable bonds is 5. The van der Waals surface area contributed by atoms with E-state index < -0.39 is 17.4 Å². The molecular weight excluding hydrogens is 270 g/mol. The third-order valence-corrected chi connectivity index (χ3v) is 4.48. The van der Waals surface area contributed by atoms with Crippen molar-refractivity contribution < 1.29 is 19.1 Å².